The SMILES string of the molecule is O=C1C(Sc2ccc(F)cc2)c2cc(Br)ccc2N1Cc1cn(Cc2ccc(Cl)cc2)nn1. The van der Waals surface area contributed by atoms with E-state index in [4.69, 9.17) is 11.6 Å². The fraction of sp³-hybridized carbons (Fsp3) is 0.125. The predicted molar refractivity (Wildman–Crippen MR) is 131 cm³/mol. The number of anilines is 1. The summed E-state index contributed by atoms with van der Waals surface area (Å²) in [5, 5.41) is 8.75. The van der Waals surface area contributed by atoms with Crippen molar-refractivity contribution in [1.82, 2.24) is 15.0 Å². The first-order valence-corrected chi connectivity index (χ1v) is 12.2. The summed E-state index contributed by atoms with van der Waals surface area (Å²) in [6.07, 6.45) is 1.85. The molecule has 1 aliphatic heterocycles. The minimum atomic E-state index is -0.424. The summed E-state index contributed by atoms with van der Waals surface area (Å²) in [6.45, 7) is 0.874. The Labute approximate surface area is 207 Å². The topological polar surface area (TPSA) is 51.0 Å². The highest BCUT2D eigenvalue weighted by Crippen LogP contribution is 2.47. The maximum atomic E-state index is 13.4. The van der Waals surface area contributed by atoms with Crippen LogP contribution in [0, 0.1) is 5.82 Å². The summed E-state index contributed by atoms with van der Waals surface area (Å²) in [4.78, 5) is 16.0. The normalized spacial score (nSPS) is 15.2. The zero-order chi connectivity index (χ0) is 22.9. The van der Waals surface area contributed by atoms with Crippen LogP contribution in [0.25, 0.3) is 0 Å². The predicted octanol–water partition coefficient (Wildman–Crippen LogP) is 6.26. The maximum absolute atomic E-state index is 13.4. The number of aromatic nitrogens is 3. The third-order valence-electron chi connectivity index (χ3n) is 5.28. The summed E-state index contributed by atoms with van der Waals surface area (Å²) in [5.74, 6) is -0.340. The molecule has 2 heterocycles. The van der Waals surface area contributed by atoms with Crippen LogP contribution in [0.2, 0.25) is 5.02 Å². The van der Waals surface area contributed by atoms with Crippen LogP contribution in [0.4, 0.5) is 10.1 Å². The number of hydrogen-bond donors (Lipinski definition) is 0. The van der Waals surface area contributed by atoms with E-state index in [2.05, 4.69) is 26.2 Å². The average Bonchev–Trinajstić information content (AvgIpc) is 3.34. The van der Waals surface area contributed by atoms with Gasteiger partial charge in [-0.1, -0.05) is 44.9 Å². The fourth-order valence-electron chi connectivity index (χ4n) is 3.73. The van der Waals surface area contributed by atoms with E-state index >= 15 is 0 Å². The molecule has 4 aromatic rings. The van der Waals surface area contributed by atoms with E-state index in [1.807, 2.05) is 48.7 Å². The van der Waals surface area contributed by atoms with E-state index in [1.54, 1.807) is 21.7 Å². The summed E-state index contributed by atoms with van der Waals surface area (Å²) in [5.41, 5.74) is 3.50. The van der Waals surface area contributed by atoms with Crippen LogP contribution < -0.4 is 4.90 Å². The lowest BCUT2D eigenvalue weighted by atomic mass is 10.1. The summed E-state index contributed by atoms with van der Waals surface area (Å²) in [6, 6.07) is 19.6. The molecule has 0 fully saturated rings. The molecule has 5 rings (SSSR count). The van der Waals surface area contributed by atoms with Crippen LogP contribution in [0.1, 0.15) is 22.1 Å². The van der Waals surface area contributed by atoms with Gasteiger partial charge in [0.2, 0.25) is 5.91 Å². The Morgan fingerprint density at radius 1 is 1.03 bits per heavy atom. The monoisotopic (exact) mass is 542 g/mol. The third-order valence-corrected chi connectivity index (χ3v) is 7.27. The number of carbonyl (C=O) groups excluding carboxylic acids is 1. The lowest BCUT2D eigenvalue weighted by Gasteiger charge is -2.16. The van der Waals surface area contributed by atoms with Gasteiger partial charge in [-0.3, -0.25) is 4.79 Å². The Hall–Kier alpha value is -2.68. The van der Waals surface area contributed by atoms with Crippen LogP contribution in [-0.4, -0.2) is 20.9 Å². The molecular formula is C24H17BrClFN4OS. The van der Waals surface area contributed by atoms with E-state index in [9.17, 15) is 9.18 Å². The molecule has 5 nitrogen and oxygen atoms in total. The molecule has 33 heavy (non-hydrogen) atoms. The van der Waals surface area contributed by atoms with Crippen molar-refractivity contribution in [2.75, 3.05) is 4.90 Å². The van der Waals surface area contributed by atoms with Gasteiger partial charge >= 0.3 is 0 Å². The smallest absolute Gasteiger partial charge is 0.245 e. The molecule has 0 spiro atoms. The first-order valence-electron chi connectivity index (χ1n) is 10.1. The molecule has 1 aromatic heterocycles. The number of amides is 1. The minimum absolute atomic E-state index is 0.0373. The van der Waals surface area contributed by atoms with Crippen molar-refractivity contribution >= 4 is 50.9 Å². The molecule has 0 aliphatic carbocycles. The van der Waals surface area contributed by atoms with Gasteiger partial charge in [-0.05, 0) is 65.7 Å². The number of rotatable bonds is 6. The molecule has 1 aliphatic rings. The Bertz CT molecular complexity index is 1310. The number of benzene rings is 3. The van der Waals surface area contributed by atoms with Gasteiger partial charge in [0.05, 0.1) is 19.3 Å². The lowest BCUT2D eigenvalue weighted by Crippen LogP contribution is -2.27. The van der Waals surface area contributed by atoms with Crippen molar-refractivity contribution in [3.63, 3.8) is 0 Å². The molecule has 3 aromatic carbocycles. The molecule has 0 bridgehead atoms. The van der Waals surface area contributed by atoms with Gasteiger partial charge in [0.15, 0.2) is 0 Å². The zero-order valence-electron chi connectivity index (χ0n) is 17.2. The van der Waals surface area contributed by atoms with Crippen LogP contribution in [0.15, 0.2) is 82.3 Å². The third kappa shape index (κ3) is 4.83. The number of thioether (sulfide) groups is 1. The number of hydrogen-bond acceptors (Lipinski definition) is 4. The van der Waals surface area contributed by atoms with Crippen molar-refractivity contribution in [2.45, 2.75) is 23.2 Å². The van der Waals surface area contributed by atoms with Crippen molar-refractivity contribution in [3.8, 4) is 0 Å². The highest BCUT2D eigenvalue weighted by molar-refractivity contribution is 9.10. The van der Waals surface area contributed by atoms with E-state index in [-0.39, 0.29) is 11.7 Å². The zero-order valence-corrected chi connectivity index (χ0v) is 20.3. The van der Waals surface area contributed by atoms with Crippen LogP contribution in [0.5, 0.6) is 0 Å². The van der Waals surface area contributed by atoms with Crippen LogP contribution in [-0.2, 0) is 17.9 Å². The second kappa shape index (κ2) is 9.29. The number of fused-ring (bicyclic) bond motifs is 1. The Morgan fingerprint density at radius 3 is 2.55 bits per heavy atom. The quantitative estimate of drug-likeness (QED) is 0.288. The second-order valence-corrected chi connectivity index (χ2v) is 10.1. The highest BCUT2D eigenvalue weighted by atomic mass is 79.9. The lowest BCUT2D eigenvalue weighted by molar-refractivity contribution is -0.117. The van der Waals surface area contributed by atoms with E-state index in [0.29, 0.717) is 23.8 Å². The van der Waals surface area contributed by atoms with Gasteiger partial charge in [0, 0.05) is 20.1 Å². The number of nitrogens with zero attached hydrogens (tertiary/aromatic N) is 4. The molecule has 1 amide bonds. The average molecular weight is 544 g/mol. The Morgan fingerprint density at radius 2 is 1.79 bits per heavy atom. The van der Waals surface area contributed by atoms with Crippen molar-refractivity contribution in [1.29, 1.82) is 0 Å². The fourth-order valence-corrected chi connectivity index (χ4v) is 5.34. The van der Waals surface area contributed by atoms with Gasteiger partial charge in [0.1, 0.15) is 16.8 Å². The van der Waals surface area contributed by atoms with Crippen molar-refractivity contribution in [3.05, 3.63) is 105 Å². The van der Waals surface area contributed by atoms with E-state index in [1.165, 1.54) is 23.9 Å². The van der Waals surface area contributed by atoms with E-state index < -0.39 is 5.25 Å². The van der Waals surface area contributed by atoms with Gasteiger partial charge in [-0.15, -0.1) is 16.9 Å². The summed E-state index contributed by atoms with van der Waals surface area (Å²) >= 11 is 10.9. The first-order chi connectivity index (χ1) is 16.0. The first kappa shape index (κ1) is 22.1. The standard InChI is InChI=1S/C24H17BrClFN4OS/c25-16-3-10-22-21(11-16)23(33-20-8-6-18(27)7-9-20)24(32)31(22)14-19-13-30(29-28-19)12-15-1-4-17(26)5-2-15/h1-11,13,23H,12,14H2. The maximum Gasteiger partial charge on any atom is 0.245 e. The molecule has 0 radical (unpaired) electrons. The number of carbonyl (C=O) groups is 1. The molecule has 1 unspecified atom stereocenters. The molecule has 0 saturated heterocycles. The molecular weight excluding hydrogens is 527 g/mol. The molecule has 1 atom stereocenters. The molecule has 166 valence electrons. The Kier molecular flexibility index (Phi) is 6.23. The minimum Gasteiger partial charge on any atom is -0.305 e. The van der Waals surface area contributed by atoms with E-state index in [0.717, 1.165) is 26.2 Å². The summed E-state index contributed by atoms with van der Waals surface area (Å²) in [7, 11) is 0. The van der Waals surface area contributed by atoms with Crippen molar-refractivity contribution < 1.29 is 9.18 Å². The molecule has 9 heteroatoms. The van der Waals surface area contributed by atoms with Crippen LogP contribution >= 0.6 is 39.3 Å². The molecule has 0 N–H and O–H groups in total. The number of halogens is 3. The van der Waals surface area contributed by atoms with Gasteiger partial charge in [-0.25, -0.2) is 9.07 Å². The van der Waals surface area contributed by atoms with Gasteiger partial charge in [-0.2, -0.15) is 0 Å². The highest BCUT2D eigenvalue weighted by Gasteiger charge is 2.38. The van der Waals surface area contributed by atoms with Gasteiger partial charge < -0.3 is 4.90 Å². The summed E-state index contributed by atoms with van der Waals surface area (Å²) < 4.78 is 16.0. The van der Waals surface area contributed by atoms with Crippen molar-refractivity contribution in [2.24, 2.45) is 0 Å². The Balaban J connectivity index is 1.37. The second-order valence-electron chi connectivity index (χ2n) is 7.61. The van der Waals surface area contributed by atoms with Gasteiger partial charge in [0.25, 0.3) is 0 Å². The largest absolute Gasteiger partial charge is 0.305 e. The van der Waals surface area contributed by atoms with Crippen LogP contribution in [0.3, 0.4) is 0 Å². The molecule has 0 saturated carbocycles.